The van der Waals surface area contributed by atoms with E-state index in [1.165, 1.54) is 6.21 Å². The number of imidazole rings is 1. The van der Waals surface area contributed by atoms with Crippen LogP contribution in [0.1, 0.15) is 11.3 Å². The highest BCUT2D eigenvalue weighted by molar-refractivity contribution is 6.07. The Morgan fingerprint density at radius 3 is 3.00 bits per heavy atom. The summed E-state index contributed by atoms with van der Waals surface area (Å²) in [4.78, 5) is 8.74. The Hall–Kier alpha value is -3.35. The molecule has 0 aromatic carbocycles. The molecule has 0 spiro atoms. The minimum absolute atomic E-state index is 0.566. The van der Waals surface area contributed by atoms with E-state index in [0.717, 1.165) is 11.2 Å². The Morgan fingerprint density at radius 1 is 1.33 bits per heavy atom. The zero-order chi connectivity index (χ0) is 16.9. The molecule has 0 aliphatic heterocycles. The van der Waals surface area contributed by atoms with Crippen molar-refractivity contribution in [3.63, 3.8) is 0 Å². The fourth-order valence-corrected chi connectivity index (χ4v) is 2.37. The van der Waals surface area contributed by atoms with Crippen LogP contribution in [0.4, 0.5) is 11.5 Å². The second-order valence-corrected chi connectivity index (χ2v) is 5.25. The van der Waals surface area contributed by atoms with E-state index in [-0.39, 0.29) is 0 Å². The Balaban J connectivity index is 1.81. The normalized spacial score (nSPS) is 11.5. The molecule has 0 aliphatic rings. The molecule has 3 heterocycles. The molecule has 0 unspecified atom stereocenters. The topological polar surface area (TPSA) is 104 Å². The first-order valence-electron chi connectivity index (χ1n) is 7.51. The van der Waals surface area contributed by atoms with Crippen molar-refractivity contribution >= 4 is 28.9 Å². The molecular formula is C17H19N7. The van der Waals surface area contributed by atoms with Gasteiger partial charge in [-0.05, 0) is 23.8 Å². The highest BCUT2D eigenvalue weighted by Crippen LogP contribution is 2.20. The van der Waals surface area contributed by atoms with Gasteiger partial charge in [-0.25, -0.2) is 9.97 Å². The van der Waals surface area contributed by atoms with Crippen molar-refractivity contribution < 1.29 is 0 Å². The van der Waals surface area contributed by atoms with Gasteiger partial charge in [-0.1, -0.05) is 6.07 Å². The Kier molecular flexibility index (Phi) is 4.42. The van der Waals surface area contributed by atoms with E-state index in [4.69, 9.17) is 11.1 Å². The molecule has 3 aromatic heterocycles. The summed E-state index contributed by atoms with van der Waals surface area (Å²) in [6.45, 7) is 0.588. The smallest absolute Gasteiger partial charge is 0.150 e. The number of fused-ring (bicyclic) bond motifs is 1. The lowest BCUT2D eigenvalue weighted by Crippen LogP contribution is -2.07. The van der Waals surface area contributed by atoms with Crippen LogP contribution in [0.3, 0.4) is 0 Å². The number of pyridine rings is 2. The van der Waals surface area contributed by atoms with Crippen LogP contribution >= 0.6 is 0 Å². The Labute approximate surface area is 139 Å². The molecule has 7 heteroatoms. The molecule has 5 N–H and O–H groups in total. The minimum atomic E-state index is 0.566. The van der Waals surface area contributed by atoms with E-state index < -0.39 is 0 Å². The van der Waals surface area contributed by atoms with Crippen LogP contribution in [0.25, 0.3) is 11.2 Å². The van der Waals surface area contributed by atoms with E-state index in [1.807, 2.05) is 28.9 Å². The number of anilines is 2. The summed E-state index contributed by atoms with van der Waals surface area (Å²) >= 11 is 0. The van der Waals surface area contributed by atoms with Crippen LogP contribution in [0.15, 0.2) is 49.1 Å². The van der Waals surface area contributed by atoms with Crippen molar-refractivity contribution in [2.75, 3.05) is 18.1 Å². The lowest BCUT2D eigenvalue weighted by Gasteiger charge is -2.11. The van der Waals surface area contributed by atoms with Gasteiger partial charge in [-0.15, -0.1) is 0 Å². The number of nitrogens with zero attached hydrogens (tertiary/aromatic N) is 3. The summed E-state index contributed by atoms with van der Waals surface area (Å²) in [5.74, 6) is 0.599. The Bertz CT molecular complexity index is 895. The van der Waals surface area contributed by atoms with E-state index in [1.54, 1.807) is 31.6 Å². The van der Waals surface area contributed by atoms with Crippen LogP contribution in [0.5, 0.6) is 0 Å². The van der Waals surface area contributed by atoms with Crippen LogP contribution in [0, 0.1) is 5.41 Å². The molecule has 0 saturated heterocycles. The van der Waals surface area contributed by atoms with Gasteiger partial charge in [-0.3, -0.25) is 0 Å². The molecule has 122 valence electrons. The number of rotatable bonds is 6. The Morgan fingerprint density at radius 2 is 2.21 bits per heavy atom. The fourth-order valence-electron chi connectivity index (χ4n) is 2.37. The maximum Gasteiger partial charge on any atom is 0.150 e. The van der Waals surface area contributed by atoms with Crippen LogP contribution in [-0.2, 0) is 6.54 Å². The van der Waals surface area contributed by atoms with Crippen molar-refractivity contribution in [2.45, 2.75) is 6.54 Å². The molecule has 0 radical (unpaired) electrons. The van der Waals surface area contributed by atoms with Crippen molar-refractivity contribution in [1.82, 2.24) is 19.7 Å². The molecule has 0 bridgehead atoms. The first-order chi connectivity index (χ1) is 11.7. The predicted molar refractivity (Wildman–Crippen MR) is 97.0 cm³/mol. The standard InChI is InChI=1S/C17H19N7/c1-20-10-13(8-18)15-4-3-14(19)17(23-15)22-9-12-2-5-16-21-6-7-24(16)11-12/h2-8,10-11,18,20H,9,19H2,1H3,(H,22,23)/b13-10+,18-8?. The summed E-state index contributed by atoms with van der Waals surface area (Å²) in [5, 5.41) is 13.7. The average molecular weight is 321 g/mol. The van der Waals surface area contributed by atoms with E-state index >= 15 is 0 Å². The third kappa shape index (κ3) is 3.19. The molecule has 0 atom stereocenters. The molecule has 0 saturated carbocycles. The number of hydrogen-bond acceptors (Lipinski definition) is 6. The molecule has 3 aromatic rings. The minimum Gasteiger partial charge on any atom is -0.396 e. The zero-order valence-corrected chi connectivity index (χ0v) is 13.3. The second-order valence-electron chi connectivity index (χ2n) is 5.25. The van der Waals surface area contributed by atoms with Crippen molar-refractivity contribution in [3.05, 3.63) is 60.3 Å². The third-order valence-corrected chi connectivity index (χ3v) is 3.59. The van der Waals surface area contributed by atoms with Gasteiger partial charge in [-0.2, -0.15) is 0 Å². The summed E-state index contributed by atoms with van der Waals surface area (Å²) in [7, 11) is 1.78. The highest BCUT2D eigenvalue weighted by atomic mass is 15.0. The predicted octanol–water partition coefficient (Wildman–Crippen LogP) is 2.13. The van der Waals surface area contributed by atoms with Gasteiger partial charge in [0.15, 0.2) is 0 Å². The molecular weight excluding hydrogens is 302 g/mol. The number of hydrogen-bond donors (Lipinski definition) is 4. The molecule has 24 heavy (non-hydrogen) atoms. The van der Waals surface area contributed by atoms with E-state index in [0.29, 0.717) is 29.3 Å². The van der Waals surface area contributed by atoms with Crippen molar-refractivity contribution in [3.8, 4) is 0 Å². The van der Waals surface area contributed by atoms with Gasteiger partial charge in [0.05, 0.1) is 11.4 Å². The summed E-state index contributed by atoms with van der Waals surface area (Å²) < 4.78 is 1.97. The van der Waals surface area contributed by atoms with E-state index in [9.17, 15) is 0 Å². The summed E-state index contributed by atoms with van der Waals surface area (Å²) in [6, 6.07) is 7.56. The van der Waals surface area contributed by atoms with Gasteiger partial charge in [0.2, 0.25) is 0 Å². The lowest BCUT2D eigenvalue weighted by atomic mass is 10.2. The molecule has 3 rings (SSSR count). The van der Waals surface area contributed by atoms with Gasteiger partial charge >= 0.3 is 0 Å². The summed E-state index contributed by atoms with van der Waals surface area (Å²) in [5.41, 5.74) is 9.94. The van der Waals surface area contributed by atoms with Crippen LogP contribution in [-0.4, -0.2) is 27.6 Å². The maximum absolute atomic E-state index is 7.49. The zero-order valence-electron chi connectivity index (χ0n) is 13.3. The van der Waals surface area contributed by atoms with Gasteiger partial charge < -0.3 is 26.2 Å². The van der Waals surface area contributed by atoms with Crippen LogP contribution in [0.2, 0.25) is 0 Å². The number of nitrogens with one attached hydrogen (secondary N) is 3. The van der Waals surface area contributed by atoms with E-state index in [2.05, 4.69) is 20.6 Å². The molecule has 0 fully saturated rings. The lowest BCUT2D eigenvalue weighted by molar-refractivity contribution is 1.06. The quantitative estimate of drug-likeness (QED) is 0.521. The molecule has 0 amide bonds. The monoisotopic (exact) mass is 321 g/mol. The summed E-state index contributed by atoms with van der Waals surface area (Å²) in [6.07, 6.45) is 8.67. The SMILES string of the molecule is CN/C=C(\C=N)c1ccc(N)c(NCc2ccc3nccn3c2)n1. The van der Waals surface area contributed by atoms with Crippen LogP contribution < -0.4 is 16.4 Å². The average Bonchev–Trinajstić information content (AvgIpc) is 3.07. The third-order valence-electron chi connectivity index (χ3n) is 3.59. The number of nitrogens with two attached hydrogens (primary N) is 1. The second kappa shape index (κ2) is 6.82. The number of allylic oxidation sites excluding steroid dienone is 1. The van der Waals surface area contributed by atoms with Gasteiger partial charge in [0, 0.05) is 50.2 Å². The fraction of sp³-hybridized carbons (Fsp3) is 0.118. The largest absolute Gasteiger partial charge is 0.396 e. The first kappa shape index (κ1) is 15.5. The van der Waals surface area contributed by atoms with Gasteiger partial charge in [0.25, 0.3) is 0 Å². The first-order valence-corrected chi connectivity index (χ1v) is 7.51. The molecule has 0 aliphatic carbocycles. The molecule has 7 nitrogen and oxygen atoms in total. The highest BCUT2D eigenvalue weighted by Gasteiger charge is 2.06. The maximum atomic E-state index is 7.49. The number of nitrogen functional groups attached to an aromatic ring is 1. The van der Waals surface area contributed by atoms with Crippen molar-refractivity contribution in [2.24, 2.45) is 0 Å². The van der Waals surface area contributed by atoms with Crippen molar-refractivity contribution in [1.29, 1.82) is 5.41 Å². The number of aromatic nitrogens is 3. The van der Waals surface area contributed by atoms with Gasteiger partial charge in [0.1, 0.15) is 11.5 Å².